The molecule has 3 aromatic heterocycles. The highest BCUT2D eigenvalue weighted by Crippen LogP contribution is 2.28. The van der Waals surface area contributed by atoms with Gasteiger partial charge in [0.15, 0.2) is 0 Å². The van der Waals surface area contributed by atoms with Crippen molar-refractivity contribution in [1.29, 1.82) is 0 Å². The summed E-state index contributed by atoms with van der Waals surface area (Å²) in [4.78, 5) is 4.19. The highest BCUT2D eigenvalue weighted by atomic mass is 16.4. The molecule has 3 heterocycles. The van der Waals surface area contributed by atoms with Crippen LogP contribution >= 0.6 is 0 Å². The summed E-state index contributed by atoms with van der Waals surface area (Å²) < 4.78 is 7.80. The van der Waals surface area contributed by atoms with Crippen molar-refractivity contribution in [3.8, 4) is 11.6 Å². The van der Waals surface area contributed by atoms with Gasteiger partial charge in [-0.1, -0.05) is 24.3 Å². The smallest absolute Gasteiger partial charge is 0.264 e. The van der Waals surface area contributed by atoms with E-state index in [1.807, 2.05) is 24.4 Å². The van der Waals surface area contributed by atoms with Crippen LogP contribution < -0.4 is 0 Å². The van der Waals surface area contributed by atoms with Gasteiger partial charge in [-0.3, -0.25) is 4.98 Å². The molecule has 108 valence electrons. The Hall–Kier alpha value is -2.95. The van der Waals surface area contributed by atoms with Crippen molar-refractivity contribution in [3.05, 3.63) is 66.3 Å². The fraction of sp³-hybridized carbons (Fsp3) is 0.118. The zero-order valence-electron chi connectivity index (χ0n) is 12.1. The maximum Gasteiger partial charge on any atom is 0.264 e. The molecule has 0 spiro atoms. The van der Waals surface area contributed by atoms with Gasteiger partial charge in [0, 0.05) is 36.8 Å². The normalized spacial score (nSPS) is 11.1. The van der Waals surface area contributed by atoms with Gasteiger partial charge in [0.25, 0.3) is 5.89 Å². The second-order valence-electron chi connectivity index (χ2n) is 5.16. The van der Waals surface area contributed by atoms with E-state index in [1.54, 1.807) is 13.1 Å². The Morgan fingerprint density at radius 2 is 2.00 bits per heavy atom. The van der Waals surface area contributed by atoms with Crippen LogP contribution in [0.1, 0.15) is 11.5 Å². The molecule has 0 bridgehead atoms. The van der Waals surface area contributed by atoms with E-state index in [4.69, 9.17) is 4.42 Å². The number of hydrogen-bond donors (Lipinski definition) is 0. The van der Waals surface area contributed by atoms with Gasteiger partial charge >= 0.3 is 0 Å². The molecule has 1 aromatic carbocycles. The van der Waals surface area contributed by atoms with Crippen molar-refractivity contribution in [3.63, 3.8) is 0 Å². The molecule has 5 nitrogen and oxygen atoms in total. The van der Waals surface area contributed by atoms with E-state index < -0.39 is 0 Å². The predicted octanol–water partition coefficient (Wildman–Crippen LogP) is 3.44. The lowest BCUT2D eigenvalue weighted by Crippen LogP contribution is -2.02. The van der Waals surface area contributed by atoms with Gasteiger partial charge in [0.05, 0.1) is 0 Å². The summed E-state index contributed by atoms with van der Waals surface area (Å²) in [5.41, 5.74) is 3.18. The SMILES string of the molecule is Cc1nnc(-c2cc3ccccc3n2Cc2cccnc2)o1. The summed E-state index contributed by atoms with van der Waals surface area (Å²) in [6.07, 6.45) is 3.65. The molecule has 0 saturated heterocycles. The minimum atomic E-state index is 0.539. The molecule has 0 N–H and O–H groups in total. The maximum atomic E-state index is 5.62. The highest BCUT2D eigenvalue weighted by molar-refractivity contribution is 5.85. The lowest BCUT2D eigenvalue weighted by atomic mass is 10.2. The number of aromatic nitrogens is 4. The van der Waals surface area contributed by atoms with Crippen LogP contribution in [0.15, 0.2) is 59.3 Å². The number of aryl methyl sites for hydroxylation is 1. The topological polar surface area (TPSA) is 56.7 Å². The predicted molar refractivity (Wildman–Crippen MR) is 83.3 cm³/mol. The third kappa shape index (κ3) is 2.16. The van der Waals surface area contributed by atoms with Crippen LogP contribution in [-0.4, -0.2) is 19.7 Å². The molecular formula is C17H14N4O. The molecule has 5 heteroatoms. The molecule has 0 atom stereocenters. The quantitative estimate of drug-likeness (QED) is 0.580. The van der Waals surface area contributed by atoms with Crippen LogP contribution in [0.2, 0.25) is 0 Å². The first-order valence-electron chi connectivity index (χ1n) is 7.09. The fourth-order valence-corrected chi connectivity index (χ4v) is 2.63. The van der Waals surface area contributed by atoms with Crippen LogP contribution in [0.3, 0.4) is 0 Å². The van der Waals surface area contributed by atoms with Crippen LogP contribution in [0.4, 0.5) is 0 Å². The average Bonchev–Trinajstić information content (AvgIpc) is 3.13. The molecule has 0 amide bonds. The lowest BCUT2D eigenvalue weighted by molar-refractivity contribution is 0.528. The summed E-state index contributed by atoms with van der Waals surface area (Å²) in [6.45, 7) is 2.50. The Kier molecular flexibility index (Phi) is 2.96. The molecule has 4 rings (SSSR count). The first kappa shape index (κ1) is 12.8. The standard InChI is InChI=1S/C17H14N4O/c1-12-19-20-17(22-12)16-9-14-6-2-3-7-15(14)21(16)11-13-5-4-8-18-10-13/h2-10H,11H2,1H3. The van der Waals surface area contributed by atoms with Crippen LogP contribution in [0, 0.1) is 6.92 Å². The Morgan fingerprint density at radius 3 is 2.77 bits per heavy atom. The van der Waals surface area contributed by atoms with Crippen molar-refractivity contribution in [2.45, 2.75) is 13.5 Å². The zero-order valence-corrected chi connectivity index (χ0v) is 12.1. The monoisotopic (exact) mass is 290 g/mol. The van der Waals surface area contributed by atoms with Gasteiger partial charge in [-0.2, -0.15) is 0 Å². The molecule has 0 radical (unpaired) electrons. The van der Waals surface area contributed by atoms with Crippen molar-refractivity contribution in [1.82, 2.24) is 19.7 Å². The van der Waals surface area contributed by atoms with E-state index in [1.165, 1.54) is 0 Å². The van der Waals surface area contributed by atoms with E-state index in [0.29, 0.717) is 18.3 Å². The van der Waals surface area contributed by atoms with Crippen molar-refractivity contribution >= 4 is 10.9 Å². The number of hydrogen-bond acceptors (Lipinski definition) is 4. The summed E-state index contributed by atoms with van der Waals surface area (Å²) in [6, 6.07) is 14.3. The van der Waals surface area contributed by atoms with E-state index in [0.717, 1.165) is 22.2 Å². The molecule has 0 aliphatic rings. The van der Waals surface area contributed by atoms with E-state index in [2.05, 4.69) is 44.0 Å². The summed E-state index contributed by atoms with van der Waals surface area (Å²) in [5.74, 6) is 1.10. The molecule has 0 aliphatic heterocycles. The first-order valence-corrected chi connectivity index (χ1v) is 7.09. The van der Waals surface area contributed by atoms with Gasteiger partial charge < -0.3 is 8.98 Å². The molecular weight excluding hydrogens is 276 g/mol. The van der Waals surface area contributed by atoms with Crippen molar-refractivity contribution < 1.29 is 4.42 Å². The van der Waals surface area contributed by atoms with Crippen LogP contribution in [-0.2, 0) is 6.54 Å². The van der Waals surface area contributed by atoms with Crippen molar-refractivity contribution in [2.24, 2.45) is 0 Å². The van der Waals surface area contributed by atoms with Gasteiger partial charge in [-0.25, -0.2) is 0 Å². The second-order valence-corrected chi connectivity index (χ2v) is 5.16. The van der Waals surface area contributed by atoms with Gasteiger partial charge in [-0.05, 0) is 23.8 Å². The van der Waals surface area contributed by atoms with Gasteiger partial charge in [0.2, 0.25) is 5.89 Å². The van der Waals surface area contributed by atoms with E-state index >= 15 is 0 Å². The number of nitrogens with zero attached hydrogens (tertiary/aromatic N) is 4. The third-order valence-corrected chi connectivity index (χ3v) is 3.62. The molecule has 22 heavy (non-hydrogen) atoms. The molecule has 0 aliphatic carbocycles. The Morgan fingerprint density at radius 1 is 1.09 bits per heavy atom. The minimum Gasteiger partial charge on any atom is -0.420 e. The van der Waals surface area contributed by atoms with Gasteiger partial charge in [0.1, 0.15) is 5.69 Å². The Bertz CT molecular complexity index is 924. The highest BCUT2D eigenvalue weighted by Gasteiger charge is 2.15. The largest absolute Gasteiger partial charge is 0.420 e. The minimum absolute atomic E-state index is 0.539. The number of fused-ring (bicyclic) bond motifs is 1. The Labute approximate surface area is 127 Å². The van der Waals surface area contributed by atoms with E-state index in [-0.39, 0.29) is 0 Å². The van der Waals surface area contributed by atoms with Gasteiger partial charge in [-0.15, -0.1) is 10.2 Å². The molecule has 0 unspecified atom stereocenters. The molecule has 0 fully saturated rings. The third-order valence-electron chi connectivity index (χ3n) is 3.62. The first-order chi connectivity index (χ1) is 10.8. The molecule has 4 aromatic rings. The lowest BCUT2D eigenvalue weighted by Gasteiger charge is -2.08. The van der Waals surface area contributed by atoms with E-state index in [9.17, 15) is 0 Å². The fourth-order valence-electron chi connectivity index (χ4n) is 2.63. The number of benzene rings is 1. The second kappa shape index (κ2) is 5.11. The maximum absolute atomic E-state index is 5.62. The number of pyridine rings is 1. The molecule has 0 saturated carbocycles. The summed E-state index contributed by atoms with van der Waals surface area (Å²) >= 11 is 0. The van der Waals surface area contributed by atoms with Crippen LogP contribution in [0.5, 0.6) is 0 Å². The number of rotatable bonds is 3. The number of para-hydroxylation sites is 1. The Balaban J connectivity index is 1.90. The zero-order chi connectivity index (χ0) is 14.9. The van der Waals surface area contributed by atoms with Crippen LogP contribution in [0.25, 0.3) is 22.5 Å². The van der Waals surface area contributed by atoms with Crippen molar-refractivity contribution in [2.75, 3.05) is 0 Å². The summed E-state index contributed by atoms with van der Waals surface area (Å²) in [7, 11) is 0. The average molecular weight is 290 g/mol. The summed E-state index contributed by atoms with van der Waals surface area (Å²) in [5, 5.41) is 9.25.